The molecule has 3 rings (SSSR count). The topological polar surface area (TPSA) is 128 Å². The number of rotatable bonds is 12. The van der Waals surface area contributed by atoms with Gasteiger partial charge in [-0.05, 0) is 83.5 Å². The van der Waals surface area contributed by atoms with Crippen LogP contribution in [0.25, 0.3) is 6.08 Å². The number of fused-ring (bicyclic) bond motifs is 1. The molecule has 8 nitrogen and oxygen atoms in total. The van der Waals surface area contributed by atoms with Crippen molar-refractivity contribution in [2.45, 2.75) is 58.5 Å². The maximum absolute atomic E-state index is 13.1. The van der Waals surface area contributed by atoms with E-state index >= 15 is 0 Å². The van der Waals surface area contributed by atoms with Gasteiger partial charge in [-0.2, -0.15) is 0 Å². The number of nitrogens with zero attached hydrogens (tertiary/aromatic N) is 1. The van der Waals surface area contributed by atoms with Crippen LogP contribution in [0.1, 0.15) is 57.9 Å². The van der Waals surface area contributed by atoms with Gasteiger partial charge in [0.1, 0.15) is 0 Å². The third kappa shape index (κ3) is 6.21. The molecule has 1 aromatic carbocycles. The molecular weight excluding hydrogens is 589 g/mol. The third-order valence-electron chi connectivity index (χ3n) is 7.42. The Balaban J connectivity index is 1.85. The minimum absolute atomic E-state index is 0.0966. The number of aromatic hydroxyl groups is 1. The van der Waals surface area contributed by atoms with Gasteiger partial charge in [0.05, 0.1) is 41.8 Å². The van der Waals surface area contributed by atoms with Gasteiger partial charge < -0.3 is 25.2 Å². The van der Waals surface area contributed by atoms with Crippen molar-refractivity contribution in [3.63, 3.8) is 0 Å². The zero-order chi connectivity index (χ0) is 27.3. The Morgan fingerprint density at radius 3 is 2.51 bits per heavy atom. The van der Waals surface area contributed by atoms with Gasteiger partial charge >= 0.3 is 0 Å². The summed E-state index contributed by atoms with van der Waals surface area (Å²) >= 11 is 2.06. The van der Waals surface area contributed by atoms with Gasteiger partial charge in [0.25, 0.3) is 0 Å². The number of aliphatic hydroxyl groups excluding tert-OH is 3. The van der Waals surface area contributed by atoms with Crippen molar-refractivity contribution >= 4 is 40.5 Å². The fourth-order valence-electron chi connectivity index (χ4n) is 5.75. The molecule has 0 aromatic heterocycles. The summed E-state index contributed by atoms with van der Waals surface area (Å²) in [5.41, 5.74) is 3.03. The highest BCUT2D eigenvalue weighted by Crippen LogP contribution is 2.46. The number of hydrogen-bond donors (Lipinski definition) is 4. The van der Waals surface area contributed by atoms with Crippen LogP contribution in [-0.4, -0.2) is 70.1 Å². The third-order valence-corrected chi connectivity index (χ3v) is 8.24. The van der Waals surface area contributed by atoms with E-state index in [1.54, 1.807) is 6.07 Å². The molecule has 4 atom stereocenters. The molecule has 0 spiro atoms. The van der Waals surface area contributed by atoms with Gasteiger partial charge in [-0.1, -0.05) is 31.9 Å². The molecule has 0 bridgehead atoms. The maximum Gasteiger partial charge on any atom is 0.233 e. The van der Waals surface area contributed by atoms with Gasteiger partial charge in [0, 0.05) is 12.5 Å². The average Bonchev–Trinajstić information content (AvgIpc) is 3.12. The number of aliphatic hydroxyl groups is 3. The van der Waals surface area contributed by atoms with Crippen molar-refractivity contribution in [3.05, 3.63) is 38.0 Å². The molecule has 37 heavy (non-hydrogen) atoms. The monoisotopic (exact) mass is 627 g/mol. The highest BCUT2D eigenvalue weighted by Gasteiger charge is 2.54. The van der Waals surface area contributed by atoms with Crippen LogP contribution in [0, 0.1) is 21.3 Å². The number of phenolic OH excluding ortho intramolecular Hbond substituents is 1. The van der Waals surface area contributed by atoms with Gasteiger partial charge in [0.2, 0.25) is 11.8 Å². The lowest BCUT2D eigenvalue weighted by Crippen LogP contribution is -2.39. The molecule has 1 fully saturated rings. The number of carbonyl (C=O) groups excluding carboxylic acids is 2. The van der Waals surface area contributed by atoms with Crippen molar-refractivity contribution in [3.8, 4) is 11.5 Å². The summed E-state index contributed by atoms with van der Waals surface area (Å²) in [6.07, 6.45) is 4.58. The van der Waals surface area contributed by atoms with Crippen molar-refractivity contribution in [2.24, 2.45) is 17.8 Å². The number of ether oxygens (including phenoxy) is 1. The molecule has 1 saturated heterocycles. The summed E-state index contributed by atoms with van der Waals surface area (Å²) in [4.78, 5) is 27.3. The SMILES string of the molecule is CCC/C(=C\c1cc(I)c(O)c(OC)c1)CC[C@@H](O)C1=C(CO)C[C@H]2C(=O)N(CCC)C(=O)[C@H]2[C@H]1CO. The lowest BCUT2D eigenvalue weighted by atomic mass is 9.68. The summed E-state index contributed by atoms with van der Waals surface area (Å²) in [7, 11) is 1.50. The molecule has 1 aliphatic carbocycles. The van der Waals surface area contributed by atoms with E-state index in [1.165, 1.54) is 12.0 Å². The second-order valence-corrected chi connectivity index (χ2v) is 11.0. The fraction of sp³-hybridized carbons (Fsp3) is 0.571. The minimum Gasteiger partial charge on any atom is -0.504 e. The molecule has 0 unspecified atom stereocenters. The molecule has 1 heterocycles. The predicted octanol–water partition coefficient (Wildman–Crippen LogP) is 3.64. The molecule has 0 radical (unpaired) electrons. The molecule has 2 amide bonds. The number of benzene rings is 1. The highest BCUT2D eigenvalue weighted by atomic mass is 127. The van der Waals surface area contributed by atoms with Gasteiger partial charge in [-0.3, -0.25) is 14.5 Å². The maximum atomic E-state index is 13.1. The van der Waals surface area contributed by atoms with Gasteiger partial charge in [-0.15, -0.1) is 0 Å². The summed E-state index contributed by atoms with van der Waals surface area (Å²) in [6, 6.07) is 3.63. The molecule has 0 saturated carbocycles. The number of hydrogen-bond acceptors (Lipinski definition) is 7. The smallest absolute Gasteiger partial charge is 0.233 e. The van der Waals surface area contributed by atoms with Crippen molar-refractivity contribution < 1.29 is 34.8 Å². The zero-order valence-electron chi connectivity index (χ0n) is 21.7. The van der Waals surface area contributed by atoms with Crippen LogP contribution in [0.5, 0.6) is 11.5 Å². The minimum atomic E-state index is -0.960. The van der Waals surface area contributed by atoms with E-state index in [0.717, 1.165) is 24.0 Å². The predicted molar refractivity (Wildman–Crippen MR) is 149 cm³/mol. The van der Waals surface area contributed by atoms with Gasteiger partial charge in [0.15, 0.2) is 11.5 Å². The van der Waals surface area contributed by atoms with Crippen LogP contribution < -0.4 is 4.74 Å². The fourth-order valence-corrected chi connectivity index (χ4v) is 6.38. The van der Waals surface area contributed by atoms with Crippen LogP contribution >= 0.6 is 22.6 Å². The average molecular weight is 628 g/mol. The van der Waals surface area contributed by atoms with E-state index in [0.29, 0.717) is 46.3 Å². The molecular formula is C28H38INO7. The number of halogens is 1. The second-order valence-electron chi connectivity index (χ2n) is 9.83. The largest absolute Gasteiger partial charge is 0.504 e. The Labute approximate surface area is 232 Å². The first-order chi connectivity index (χ1) is 17.7. The molecule has 1 aliphatic heterocycles. The van der Waals surface area contributed by atoms with Gasteiger partial charge in [-0.25, -0.2) is 0 Å². The van der Waals surface area contributed by atoms with Crippen LogP contribution in [0.4, 0.5) is 0 Å². The zero-order valence-corrected chi connectivity index (χ0v) is 23.9. The van der Waals surface area contributed by atoms with Crippen molar-refractivity contribution in [1.82, 2.24) is 4.90 Å². The van der Waals surface area contributed by atoms with E-state index < -0.39 is 23.9 Å². The Morgan fingerprint density at radius 2 is 1.92 bits per heavy atom. The summed E-state index contributed by atoms with van der Waals surface area (Å²) in [5, 5.41) is 41.8. The van der Waals surface area contributed by atoms with E-state index in [2.05, 4.69) is 29.5 Å². The Hall–Kier alpha value is -1.95. The van der Waals surface area contributed by atoms with E-state index in [-0.39, 0.29) is 37.2 Å². The van der Waals surface area contributed by atoms with E-state index in [1.807, 2.05) is 19.1 Å². The van der Waals surface area contributed by atoms with Crippen LogP contribution in [-0.2, 0) is 9.59 Å². The second kappa shape index (κ2) is 13.2. The van der Waals surface area contributed by atoms with Crippen LogP contribution in [0.2, 0.25) is 0 Å². The number of likely N-dealkylation sites (tertiary alicyclic amines) is 1. The first kappa shape index (κ1) is 29.6. The summed E-state index contributed by atoms with van der Waals surface area (Å²) < 4.78 is 5.95. The molecule has 204 valence electrons. The molecule has 9 heteroatoms. The quantitative estimate of drug-likeness (QED) is 0.158. The number of phenols is 1. The van der Waals surface area contributed by atoms with Crippen LogP contribution in [0.15, 0.2) is 28.9 Å². The number of imide groups is 1. The molecule has 2 aliphatic rings. The standard InChI is InChI=1S/C28H38INO7/c1-4-6-16(10-17-11-21(29)26(34)23(12-17)37-3)7-8-22(33)24-18(14-31)13-19-25(20(24)15-32)28(36)30(9-5-2)27(19)35/h10-12,19-20,22,25,31-34H,4-9,13-15H2,1-3H3/b16-10+/t19-,20+,22-,25-/m1/s1. The Morgan fingerprint density at radius 1 is 1.19 bits per heavy atom. The highest BCUT2D eigenvalue weighted by molar-refractivity contribution is 14.1. The van der Waals surface area contributed by atoms with Crippen molar-refractivity contribution in [2.75, 3.05) is 26.9 Å². The van der Waals surface area contributed by atoms with Crippen molar-refractivity contribution in [1.29, 1.82) is 0 Å². The summed E-state index contributed by atoms with van der Waals surface area (Å²) in [6.45, 7) is 3.60. The van der Waals surface area contributed by atoms with E-state index in [4.69, 9.17) is 4.74 Å². The number of methoxy groups -OCH3 is 1. The van der Waals surface area contributed by atoms with Crippen LogP contribution in [0.3, 0.4) is 0 Å². The van der Waals surface area contributed by atoms with E-state index in [9.17, 15) is 30.0 Å². The first-order valence-corrected chi connectivity index (χ1v) is 14.0. The molecule has 4 N–H and O–H groups in total. The number of allylic oxidation sites excluding steroid dienone is 1. The lowest BCUT2D eigenvalue weighted by Gasteiger charge is -2.36. The normalized spacial score (nSPS) is 23.1. The lowest BCUT2D eigenvalue weighted by molar-refractivity contribution is -0.140. The number of carbonyl (C=O) groups is 2. The Kier molecular flexibility index (Phi) is 10.6. The Bertz CT molecular complexity index is 1070. The summed E-state index contributed by atoms with van der Waals surface area (Å²) in [5.74, 6) is -2.06. The first-order valence-electron chi connectivity index (χ1n) is 12.9. The molecule has 1 aromatic rings. The number of amides is 2.